The first kappa shape index (κ1) is 13.2. The third kappa shape index (κ3) is 3.62. The number of halogens is 1. The molecule has 0 aliphatic carbocycles. The molecule has 0 radical (unpaired) electrons. The Kier molecular flexibility index (Phi) is 4.97. The normalized spacial score (nSPS) is 14.5. The van der Waals surface area contributed by atoms with Crippen LogP contribution in [-0.4, -0.2) is 11.8 Å². The van der Waals surface area contributed by atoms with Crippen LogP contribution in [0.5, 0.6) is 0 Å². The Morgan fingerprint density at radius 1 is 1.38 bits per heavy atom. The number of carbonyl (C=O) groups is 1. The number of carbonyl (C=O) groups excluding carboxylic acids is 1. The smallest absolute Gasteiger partial charge is 0.154 e. The Morgan fingerprint density at radius 2 is 1.94 bits per heavy atom. The lowest BCUT2D eigenvalue weighted by molar-refractivity contribution is -0.120. The summed E-state index contributed by atoms with van der Waals surface area (Å²) in [5.74, 6) is 0.330. The lowest BCUT2D eigenvalue weighted by atomic mass is 9.93. The molecule has 3 heteroatoms. The molecule has 0 aliphatic heterocycles. The van der Waals surface area contributed by atoms with Crippen molar-refractivity contribution in [2.45, 2.75) is 32.7 Å². The number of hydrogen-bond acceptors (Lipinski definition) is 2. The molecule has 0 aromatic heterocycles. The number of benzene rings is 1. The van der Waals surface area contributed by atoms with Gasteiger partial charge < -0.3 is 5.73 Å². The van der Waals surface area contributed by atoms with Crippen LogP contribution in [0.4, 0.5) is 0 Å². The van der Waals surface area contributed by atoms with Gasteiger partial charge in [-0.15, -0.1) is 0 Å². The van der Waals surface area contributed by atoms with E-state index < -0.39 is 0 Å². The maximum atomic E-state index is 11.8. The van der Waals surface area contributed by atoms with Gasteiger partial charge in [0.05, 0.1) is 6.04 Å². The van der Waals surface area contributed by atoms with Gasteiger partial charge in [-0.1, -0.05) is 44.0 Å². The predicted octanol–water partition coefficient (Wildman–Crippen LogP) is 2.83. The second kappa shape index (κ2) is 6.02. The molecular weight excluding hydrogens is 222 g/mol. The van der Waals surface area contributed by atoms with Crippen LogP contribution in [0.3, 0.4) is 0 Å². The maximum Gasteiger partial charge on any atom is 0.154 e. The molecule has 1 aromatic rings. The third-order valence-electron chi connectivity index (χ3n) is 2.92. The van der Waals surface area contributed by atoms with E-state index in [0.29, 0.717) is 11.4 Å². The van der Waals surface area contributed by atoms with Crippen LogP contribution < -0.4 is 5.73 Å². The van der Waals surface area contributed by atoms with Crippen LogP contribution in [-0.2, 0) is 11.2 Å². The highest BCUT2D eigenvalue weighted by Crippen LogP contribution is 2.13. The fraction of sp³-hybridized carbons (Fsp3) is 0.462. The zero-order valence-corrected chi connectivity index (χ0v) is 10.5. The number of nitrogens with two attached hydrogens (primary N) is 1. The summed E-state index contributed by atoms with van der Waals surface area (Å²) in [6.45, 7) is 4.05. The Morgan fingerprint density at radius 3 is 2.44 bits per heavy atom. The SMILES string of the molecule is CCC(C)C(N)C(=O)Cc1ccc(Cl)cc1. The minimum absolute atomic E-state index is 0.0941. The molecule has 88 valence electrons. The Bertz CT molecular complexity index is 347. The molecule has 0 saturated carbocycles. The molecule has 1 rings (SSSR count). The van der Waals surface area contributed by atoms with Crippen molar-refractivity contribution < 1.29 is 4.79 Å². The molecule has 2 N–H and O–H groups in total. The summed E-state index contributed by atoms with van der Waals surface area (Å²) in [7, 11) is 0. The summed E-state index contributed by atoms with van der Waals surface area (Å²) in [6, 6.07) is 6.95. The van der Waals surface area contributed by atoms with E-state index in [2.05, 4.69) is 0 Å². The topological polar surface area (TPSA) is 43.1 Å². The van der Waals surface area contributed by atoms with Gasteiger partial charge >= 0.3 is 0 Å². The molecule has 0 spiro atoms. The first-order valence-corrected chi connectivity index (χ1v) is 5.95. The van der Waals surface area contributed by atoms with Gasteiger partial charge in [0.1, 0.15) is 0 Å². The molecule has 0 bridgehead atoms. The zero-order valence-electron chi connectivity index (χ0n) is 9.74. The lowest BCUT2D eigenvalue weighted by Crippen LogP contribution is -2.37. The van der Waals surface area contributed by atoms with Crippen molar-refractivity contribution in [1.29, 1.82) is 0 Å². The van der Waals surface area contributed by atoms with E-state index in [4.69, 9.17) is 17.3 Å². The largest absolute Gasteiger partial charge is 0.321 e. The van der Waals surface area contributed by atoms with Crippen molar-refractivity contribution in [1.82, 2.24) is 0 Å². The highest BCUT2D eigenvalue weighted by atomic mass is 35.5. The molecule has 0 fully saturated rings. The average molecular weight is 240 g/mol. The summed E-state index contributed by atoms with van der Waals surface area (Å²) in [4.78, 5) is 11.8. The molecule has 0 amide bonds. The van der Waals surface area contributed by atoms with Gasteiger partial charge in [0, 0.05) is 11.4 Å². The summed E-state index contributed by atoms with van der Waals surface area (Å²) in [6.07, 6.45) is 1.32. The van der Waals surface area contributed by atoms with E-state index in [9.17, 15) is 4.79 Å². The molecule has 1 aromatic carbocycles. The van der Waals surface area contributed by atoms with E-state index >= 15 is 0 Å². The van der Waals surface area contributed by atoms with E-state index in [1.54, 1.807) is 12.1 Å². The van der Waals surface area contributed by atoms with Crippen LogP contribution in [0.1, 0.15) is 25.8 Å². The van der Waals surface area contributed by atoms with Crippen molar-refractivity contribution in [3.8, 4) is 0 Å². The Balaban J connectivity index is 2.60. The number of ketones is 1. The minimum Gasteiger partial charge on any atom is -0.321 e. The van der Waals surface area contributed by atoms with Gasteiger partial charge in [-0.05, 0) is 23.6 Å². The monoisotopic (exact) mass is 239 g/mol. The van der Waals surface area contributed by atoms with Gasteiger partial charge in [0.15, 0.2) is 5.78 Å². The fourth-order valence-electron chi connectivity index (χ4n) is 1.49. The predicted molar refractivity (Wildman–Crippen MR) is 67.6 cm³/mol. The van der Waals surface area contributed by atoms with Crippen molar-refractivity contribution in [2.24, 2.45) is 11.7 Å². The first-order valence-electron chi connectivity index (χ1n) is 5.57. The highest BCUT2D eigenvalue weighted by molar-refractivity contribution is 6.30. The average Bonchev–Trinajstić information content (AvgIpc) is 2.30. The lowest BCUT2D eigenvalue weighted by Gasteiger charge is -2.16. The molecule has 2 atom stereocenters. The molecular formula is C13H18ClNO. The van der Waals surface area contributed by atoms with Crippen LogP contribution in [0, 0.1) is 5.92 Å². The van der Waals surface area contributed by atoms with Crippen molar-refractivity contribution >= 4 is 17.4 Å². The number of Topliss-reactive ketones (excluding diaryl/α,β-unsaturated/α-hetero) is 1. The molecule has 16 heavy (non-hydrogen) atoms. The van der Waals surface area contributed by atoms with E-state index in [1.165, 1.54) is 0 Å². The number of hydrogen-bond donors (Lipinski definition) is 1. The summed E-state index contributed by atoms with van der Waals surface area (Å²) < 4.78 is 0. The first-order chi connectivity index (χ1) is 7.54. The van der Waals surface area contributed by atoms with Gasteiger partial charge in [-0.2, -0.15) is 0 Å². The zero-order chi connectivity index (χ0) is 12.1. The Labute approximate surface area is 102 Å². The molecule has 2 nitrogen and oxygen atoms in total. The molecule has 0 aliphatic rings. The van der Waals surface area contributed by atoms with Crippen molar-refractivity contribution in [3.63, 3.8) is 0 Å². The highest BCUT2D eigenvalue weighted by Gasteiger charge is 2.19. The van der Waals surface area contributed by atoms with E-state index in [-0.39, 0.29) is 17.7 Å². The minimum atomic E-state index is -0.360. The fourth-order valence-corrected chi connectivity index (χ4v) is 1.62. The van der Waals surface area contributed by atoms with E-state index in [1.807, 2.05) is 26.0 Å². The second-order valence-electron chi connectivity index (χ2n) is 4.18. The van der Waals surface area contributed by atoms with Crippen LogP contribution in [0.25, 0.3) is 0 Å². The second-order valence-corrected chi connectivity index (χ2v) is 4.62. The van der Waals surface area contributed by atoms with Gasteiger partial charge in [0.2, 0.25) is 0 Å². The van der Waals surface area contributed by atoms with E-state index in [0.717, 1.165) is 12.0 Å². The Hall–Kier alpha value is -0.860. The molecule has 0 saturated heterocycles. The maximum absolute atomic E-state index is 11.8. The molecule has 2 unspecified atom stereocenters. The van der Waals surface area contributed by atoms with Gasteiger partial charge in [-0.25, -0.2) is 0 Å². The third-order valence-corrected chi connectivity index (χ3v) is 3.17. The summed E-state index contributed by atoms with van der Waals surface area (Å²) >= 11 is 5.77. The molecule has 0 heterocycles. The summed E-state index contributed by atoms with van der Waals surface area (Å²) in [5, 5.41) is 0.683. The summed E-state index contributed by atoms with van der Waals surface area (Å²) in [5.41, 5.74) is 6.84. The van der Waals surface area contributed by atoms with Crippen LogP contribution in [0.15, 0.2) is 24.3 Å². The number of rotatable bonds is 5. The van der Waals surface area contributed by atoms with Crippen LogP contribution in [0.2, 0.25) is 5.02 Å². The van der Waals surface area contributed by atoms with Gasteiger partial charge in [-0.3, -0.25) is 4.79 Å². The standard InChI is InChI=1S/C13H18ClNO/c1-3-9(2)13(15)12(16)8-10-4-6-11(14)7-5-10/h4-7,9,13H,3,8,15H2,1-2H3. The van der Waals surface area contributed by atoms with Crippen molar-refractivity contribution in [2.75, 3.05) is 0 Å². The van der Waals surface area contributed by atoms with Gasteiger partial charge in [0.25, 0.3) is 0 Å². The van der Waals surface area contributed by atoms with Crippen LogP contribution >= 0.6 is 11.6 Å². The van der Waals surface area contributed by atoms with Crippen molar-refractivity contribution in [3.05, 3.63) is 34.9 Å². The quantitative estimate of drug-likeness (QED) is 0.859.